The molecule has 112 valence electrons. The molecule has 2 N–H and O–H groups in total. The van der Waals surface area contributed by atoms with Crippen LogP contribution in [0.25, 0.3) is 0 Å². The molecule has 2 heteroatoms. The van der Waals surface area contributed by atoms with E-state index in [-0.39, 0.29) is 0 Å². The van der Waals surface area contributed by atoms with Crippen molar-refractivity contribution in [3.05, 3.63) is 0 Å². The number of hydrogen-bond acceptors (Lipinski definition) is 2. The molecule has 0 bridgehead atoms. The molecule has 2 aliphatic rings. The van der Waals surface area contributed by atoms with E-state index in [1.54, 1.807) is 0 Å². The summed E-state index contributed by atoms with van der Waals surface area (Å²) in [6, 6.07) is 0.421. The first-order chi connectivity index (χ1) is 8.96. The smallest absolute Gasteiger partial charge is 0.0361 e. The lowest BCUT2D eigenvalue weighted by atomic mass is 9.64. The van der Waals surface area contributed by atoms with Crippen LogP contribution in [-0.2, 0) is 0 Å². The van der Waals surface area contributed by atoms with Crippen molar-refractivity contribution in [1.82, 2.24) is 4.90 Å². The maximum Gasteiger partial charge on any atom is 0.0361 e. The normalized spacial score (nSPS) is 37.1. The largest absolute Gasteiger partial charge is 0.326 e. The second-order valence-corrected chi connectivity index (χ2v) is 7.60. The molecule has 1 heterocycles. The zero-order chi connectivity index (χ0) is 14.1. The van der Waals surface area contributed by atoms with Gasteiger partial charge in [0.15, 0.2) is 0 Å². The van der Waals surface area contributed by atoms with Gasteiger partial charge in [-0.3, -0.25) is 4.90 Å². The number of nitrogens with two attached hydrogens (primary N) is 1. The van der Waals surface area contributed by atoms with Crippen molar-refractivity contribution >= 4 is 0 Å². The highest BCUT2D eigenvalue weighted by atomic mass is 15.2. The van der Waals surface area contributed by atoms with Crippen LogP contribution in [0.5, 0.6) is 0 Å². The average molecular weight is 266 g/mol. The molecule has 1 aliphatic heterocycles. The fourth-order valence-corrected chi connectivity index (χ4v) is 4.50. The Balaban J connectivity index is 2.04. The molecule has 2 rings (SSSR count). The summed E-state index contributed by atoms with van der Waals surface area (Å²) in [7, 11) is 0. The molecule has 2 nitrogen and oxygen atoms in total. The summed E-state index contributed by atoms with van der Waals surface area (Å²) in [6.45, 7) is 12.0. The van der Waals surface area contributed by atoms with Crippen LogP contribution in [0.15, 0.2) is 0 Å². The molecule has 0 aromatic rings. The number of likely N-dealkylation sites (tertiary alicyclic amines) is 1. The molecule has 1 unspecified atom stereocenters. The van der Waals surface area contributed by atoms with Gasteiger partial charge in [-0.15, -0.1) is 0 Å². The lowest BCUT2D eigenvalue weighted by Crippen LogP contribution is -2.56. The molecule has 19 heavy (non-hydrogen) atoms. The predicted octanol–water partition coefficient (Wildman–Crippen LogP) is 3.79. The van der Waals surface area contributed by atoms with E-state index in [0.717, 1.165) is 5.92 Å². The van der Waals surface area contributed by atoms with Crippen molar-refractivity contribution in [2.24, 2.45) is 17.1 Å². The number of rotatable bonds is 4. The number of nitrogens with zero attached hydrogens (tertiary/aromatic N) is 1. The van der Waals surface area contributed by atoms with Crippen LogP contribution in [0.1, 0.15) is 72.6 Å². The minimum absolute atomic E-state index is 0.357. The summed E-state index contributed by atoms with van der Waals surface area (Å²) < 4.78 is 0. The summed E-state index contributed by atoms with van der Waals surface area (Å²) in [6.07, 6.45) is 9.21. The zero-order valence-corrected chi connectivity index (χ0v) is 13.5. The first-order valence-electron chi connectivity index (χ1n) is 8.47. The van der Waals surface area contributed by atoms with E-state index in [1.165, 1.54) is 58.0 Å². The Morgan fingerprint density at radius 3 is 2.32 bits per heavy atom. The van der Waals surface area contributed by atoms with Crippen LogP contribution in [0.3, 0.4) is 0 Å². The van der Waals surface area contributed by atoms with Crippen LogP contribution in [-0.4, -0.2) is 29.6 Å². The van der Waals surface area contributed by atoms with Gasteiger partial charge in [-0.05, 0) is 56.4 Å². The van der Waals surface area contributed by atoms with E-state index in [4.69, 9.17) is 5.73 Å². The Kier molecular flexibility index (Phi) is 4.62. The maximum atomic E-state index is 6.51. The fraction of sp³-hybridized carbons (Fsp3) is 1.00. The van der Waals surface area contributed by atoms with Crippen LogP contribution in [0.4, 0.5) is 0 Å². The summed E-state index contributed by atoms with van der Waals surface area (Å²) in [5.41, 5.74) is 7.38. The van der Waals surface area contributed by atoms with E-state index >= 15 is 0 Å². The van der Waals surface area contributed by atoms with Gasteiger partial charge in [-0.25, -0.2) is 0 Å². The first-order valence-corrected chi connectivity index (χ1v) is 8.47. The molecular weight excluding hydrogens is 232 g/mol. The van der Waals surface area contributed by atoms with Crippen LogP contribution in [0, 0.1) is 11.3 Å². The zero-order valence-electron chi connectivity index (χ0n) is 13.5. The van der Waals surface area contributed by atoms with Crippen molar-refractivity contribution in [2.75, 3.05) is 13.1 Å². The highest BCUT2D eigenvalue weighted by Crippen LogP contribution is 2.48. The van der Waals surface area contributed by atoms with Gasteiger partial charge in [0.1, 0.15) is 0 Å². The molecule has 0 amide bonds. The molecule has 1 spiro atoms. The number of hydrogen-bond donors (Lipinski definition) is 1. The van der Waals surface area contributed by atoms with Crippen molar-refractivity contribution in [3.8, 4) is 0 Å². The standard InChI is InChI=1S/C17H34N2/c1-5-12-19-13-9-15(18)17(19)10-7-14(8-11-17)16(3,4)6-2/h14-15H,5-13,18H2,1-4H3. The van der Waals surface area contributed by atoms with Gasteiger partial charge in [0.25, 0.3) is 0 Å². The molecule has 2 fully saturated rings. The SMILES string of the molecule is CCCN1CCC(N)C12CCC(C(C)(C)CC)CC2. The quantitative estimate of drug-likeness (QED) is 0.838. The highest BCUT2D eigenvalue weighted by molar-refractivity contribution is 5.07. The first kappa shape index (κ1) is 15.3. The highest BCUT2D eigenvalue weighted by Gasteiger charge is 2.49. The third-order valence-corrected chi connectivity index (χ3v) is 6.39. The Morgan fingerprint density at radius 2 is 1.79 bits per heavy atom. The predicted molar refractivity (Wildman–Crippen MR) is 83.2 cm³/mol. The molecule has 1 aliphatic carbocycles. The fourth-order valence-electron chi connectivity index (χ4n) is 4.50. The second-order valence-electron chi connectivity index (χ2n) is 7.60. The Hall–Kier alpha value is -0.0800. The van der Waals surface area contributed by atoms with Gasteiger partial charge in [0.2, 0.25) is 0 Å². The molecule has 0 aromatic carbocycles. The maximum absolute atomic E-state index is 6.51. The average Bonchev–Trinajstić information content (AvgIpc) is 2.69. The third kappa shape index (κ3) is 2.71. The topological polar surface area (TPSA) is 29.3 Å². The van der Waals surface area contributed by atoms with Crippen molar-refractivity contribution in [1.29, 1.82) is 0 Å². The van der Waals surface area contributed by atoms with Gasteiger partial charge in [0.05, 0.1) is 0 Å². The molecule has 0 aromatic heterocycles. The molecule has 0 radical (unpaired) electrons. The molecule has 1 saturated heterocycles. The van der Waals surface area contributed by atoms with E-state index in [1.807, 2.05) is 0 Å². The van der Waals surface area contributed by atoms with Crippen molar-refractivity contribution < 1.29 is 0 Å². The van der Waals surface area contributed by atoms with Crippen LogP contribution in [0.2, 0.25) is 0 Å². The van der Waals surface area contributed by atoms with E-state index in [2.05, 4.69) is 32.6 Å². The summed E-state index contributed by atoms with van der Waals surface area (Å²) >= 11 is 0. The van der Waals surface area contributed by atoms with E-state index in [9.17, 15) is 0 Å². The summed E-state index contributed by atoms with van der Waals surface area (Å²) in [4.78, 5) is 2.73. The van der Waals surface area contributed by atoms with Crippen LogP contribution < -0.4 is 5.73 Å². The Morgan fingerprint density at radius 1 is 1.16 bits per heavy atom. The molecular formula is C17H34N2. The minimum Gasteiger partial charge on any atom is -0.326 e. The third-order valence-electron chi connectivity index (χ3n) is 6.39. The van der Waals surface area contributed by atoms with Gasteiger partial charge in [-0.2, -0.15) is 0 Å². The Bertz CT molecular complexity index is 288. The van der Waals surface area contributed by atoms with Gasteiger partial charge < -0.3 is 5.73 Å². The lowest BCUT2D eigenvalue weighted by Gasteiger charge is -2.49. The van der Waals surface area contributed by atoms with Gasteiger partial charge in [-0.1, -0.05) is 34.1 Å². The minimum atomic E-state index is 0.357. The Labute approximate surface area is 120 Å². The van der Waals surface area contributed by atoms with E-state index in [0.29, 0.717) is 17.0 Å². The van der Waals surface area contributed by atoms with Crippen LogP contribution >= 0.6 is 0 Å². The summed E-state index contributed by atoms with van der Waals surface area (Å²) in [5, 5.41) is 0. The molecule has 1 saturated carbocycles. The van der Waals surface area contributed by atoms with Crippen molar-refractivity contribution in [3.63, 3.8) is 0 Å². The van der Waals surface area contributed by atoms with Gasteiger partial charge in [0, 0.05) is 18.1 Å². The monoisotopic (exact) mass is 266 g/mol. The van der Waals surface area contributed by atoms with Crippen molar-refractivity contribution in [2.45, 2.75) is 84.2 Å². The summed E-state index contributed by atoms with van der Waals surface area (Å²) in [5.74, 6) is 0.902. The second kappa shape index (κ2) is 5.73. The van der Waals surface area contributed by atoms with Gasteiger partial charge >= 0.3 is 0 Å². The molecule has 1 atom stereocenters. The lowest BCUT2D eigenvalue weighted by molar-refractivity contribution is 0.0308. The van der Waals surface area contributed by atoms with E-state index < -0.39 is 0 Å².